The number of nitrogens with zero attached hydrogens (tertiary/aromatic N) is 4. The predicted octanol–water partition coefficient (Wildman–Crippen LogP) is 2.79. The van der Waals surface area contributed by atoms with Gasteiger partial charge in [0.15, 0.2) is 0 Å². The minimum atomic E-state index is -0.00128. The molecule has 1 atom stereocenters. The molecular weight excluding hydrogens is 328 g/mol. The number of carbonyl (C=O) groups is 1. The Morgan fingerprint density at radius 3 is 2.92 bits per heavy atom. The number of nitriles is 1. The van der Waals surface area contributed by atoms with Crippen LogP contribution in [0.15, 0.2) is 28.8 Å². The van der Waals surface area contributed by atoms with E-state index in [9.17, 15) is 4.79 Å². The van der Waals surface area contributed by atoms with E-state index < -0.39 is 0 Å². The first-order chi connectivity index (χ1) is 12.5. The largest absolute Gasteiger partial charge is 0.361 e. The monoisotopic (exact) mass is 350 g/mol. The smallest absolute Gasteiger partial charge is 0.227 e. The highest BCUT2D eigenvalue weighted by atomic mass is 16.5. The van der Waals surface area contributed by atoms with Gasteiger partial charge in [-0.3, -0.25) is 9.69 Å². The molecule has 26 heavy (non-hydrogen) atoms. The molecule has 1 amide bonds. The van der Waals surface area contributed by atoms with Gasteiger partial charge in [-0.15, -0.1) is 0 Å². The summed E-state index contributed by atoms with van der Waals surface area (Å²) >= 11 is 0. The van der Waals surface area contributed by atoms with Gasteiger partial charge in [-0.2, -0.15) is 5.26 Å². The van der Waals surface area contributed by atoms with Crippen LogP contribution < -0.4 is 4.90 Å². The van der Waals surface area contributed by atoms with E-state index in [1.54, 1.807) is 12.1 Å². The molecule has 0 N–H and O–H groups in total. The number of amides is 1. The minimum absolute atomic E-state index is 0.00128. The van der Waals surface area contributed by atoms with Gasteiger partial charge >= 0.3 is 0 Å². The molecule has 6 heteroatoms. The van der Waals surface area contributed by atoms with Crippen LogP contribution in [0.4, 0.5) is 5.69 Å². The molecule has 0 saturated carbocycles. The van der Waals surface area contributed by atoms with Crippen LogP contribution in [0.1, 0.15) is 35.4 Å². The fourth-order valence-electron chi connectivity index (χ4n) is 4.26. The molecule has 1 spiro atoms. The molecule has 2 aliphatic rings. The molecule has 0 radical (unpaired) electrons. The van der Waals surface area contributed by atoms with Gasteiger partial charge in [-0.1, -0.05) is 11.2 Å². The lowest BCUT2D eigenvalue weighted by molar-refractivity contribution is -0.117. The van der Waals surface area contributed by atoms with E-state index in [1.165, 1.54) is 0 Å². The average Bonchev–Trinajstić information content (AvgIpc) is 3.29. The number of anilines is 1. The second-order valence-corrected chi connectivity index (χ2v) is 7.58. The number of hydrogen-bond donors (Lipinski definition) is 0. The number of hydrogen-bond acceptors (Lipinski definition) is 5. The molecule has 0 bridgehead atoms. The highest BCUT2D eigenvalue weighted by molar-refractivity contribution is 5.96. The Balaban J connectivity index is 1.49. The van der Waals surface area contributed by atoms with Crippen LogP contribution in [0.2, 0.25) is 0 Å². The summed E-state index contributed by atoms with van der Waals surface area (Å²) in [5.41, 5.74) is 3.52. The van der Waals surface area contributed by atoms with Crippen molar-refractivity contribution >= 4 is 11.6 Å². The van der Waals surface area contributed by atoms with Crippen LogP contribution in [0.5, 0.6) is 0 Å². The van der Waals surface area contributed by atoms with Gasteiger partial charge in [-0.05, 0) is 45.0 Å². The summed E-state index contributed by atoms with van der Waals surface area (Å²) in [5.74, 6) is 1.03. The third kappa shape index (κ3) is 2.89. The Labute approximate surface area is 153 Å². The first-order valence-electron chi connectivity index (χ1n) is 8.94. The number of aryl methyl sites for hydroxylation is 2. The van der Waals surface area contributed by atoms with Crippen LogP contribution in [-0.4, -0.2) is 35.6 Å². The maximum Gasteiger partial charge on any atom is 0.227 e. The van der Waals surface area contributed by atoms with Gasteiger partial charge in [0.05, 0.1) is 17.3 Å². The van der Waals surface area contributed by atoms with E-state index in [0.717, 1.165) is 55.3 Å². The first kappa shape index (κ1) is 16.8. The number of benzene rings is 1. The quantitative estimate of drug-likeness (QED) is 0.851. The van der Waals surface area contributed by atoms with E-state index in [4.69, 9.17) is 9.78 Å². The van der Waals surface area contributed by atoms with Crippen LogP contribution in [-0.2, 0) is 11.3 Å². The van der Waals surface area contributed by atoms with Gasteiger partial charge in [0, 0.05) is 42.7 Å². The molecule has 134 valence electrons. The van der Waals surface area contributed by atoms with E-state index in [2.05, 4.69) is 16.1 Å². The lowest BCUT2D eigenvalue weighted by Gasteiger charge is -2.24. The molecule has 6 nitrogen and oxygen atoms in total. The summed E-state index contributed by atoms with van der Waals surface area (Å²) in [6.07, 6.45) is 1.58. The van der Waals surface area contributed by atoms with E-state index in [-0.39, 0.29) is 11.3 Å². The standard InChI is InChI=1S/C20H22N4O2/c1-14-18(15(2)26-22-14)11-23-7-6-20(12-23)9-19(25)24(13-20)17-5-3-4-16(8-17)10-21/h3-5,8H,6-7,9,11-13H2,1-2H3. The molecule has 4 rings (SSSR count). The van der Waals surface area contributed by atoms with Crippen molar-refractivity contribution in [1.29, 1.82) is 5.26 Å². The Bertz CT molecular complexity index is 878. The lowest BCUT2D eigenvalue weighted by atomic mass is 9.86. The van der Waals surface area contributed by atoms with Gasteiger partial charge in [0.1, 0.15) is 5.76 Å². The number of rotatable bonds is 3. The zero-order valence-corrected chi connectivity index (χ0v) is 15.2. The average molecular weight is 350 g/mol. The van der Waals surface area contributed by atoms with Crippen molar-refractivity contribution in [3.8, 4) is 6.07 Å². The Hall–Kier alpha value is -2.65. The summed E-state index contributed by atoms with van der Waals surface area (Å²) in [6.45, 7) is 7.34. The van der Waals surface area contributed by atoms with Crippen molar-refractivity contribution in [1.82, 2.24) is 10.1 Å². The predicted molar refractivity (Wildman–Crippen MR) is 96.4 cm³/mol. The zero-order valence-electron chi connectivity index (χ0n) is 15.2. The van der Waals surface area contributed by atoms with Crippen molar-refractivity contribution < 1.29 is 9.32 Å². The van der Waals surface area contributed by atoms with Crippen LogP contribution in [0.25, 0.3) is 0 Å². The maximum absolute atomic E-state index is 12.7. The van der Waals surface area contributed by atoms with Crippen molar-refractivity contribution in [2.75, 3.05) is 24.5 Å². The summed E-state index contributed by atoms with van der Waals surface area (Å²) in [4.78, 5) is 16.9. The minimum Gasteiger partial charge on any atom is -0.361 e. The molecule has 2 aliphatic heterocycles. The molecule has 1 unspecified atom stereocenters. The zero-order chi connectivity index (χ0) is 18.3. The summed E-state index contributed by atoms with van der Waals surface area (Å²) in [5, 5.41) is 13.1. The Morgan fingerprint density at radius 1 is 1.35 bits per heavy atom. The highest BCUT2D eigenvalue weighted by Gasteiger charge is 2.47. The molecule has 1 aromatic heterocycles. The molecule has 1 aromatic carbocycles. The molecule has 0 aliphatic carbocycles. The fourth-order valence-corrected chi connectivity index (χ4v) is 4.26. The second-order valence-electron chi connectivity index (χ2n) is 7.58. The Morgan fingerprint density at radius 2 is 2.19 bits per heavy atom. The van der Waals surface area contributed by atoms with Crippen LogP contribution in [0.3, 0.4) is 0 Å². The van der Waals surface area contributed by atoms with Crippen LogP contribution in [0, 0.1) is 30.6 Å². The van der Waals surface area contributed by atoms with E-state index in [1.807, 2.05) is 30.9 Å². The second kappa shape index (κ2) is 6.26. The van der Waals surface area contributed by atoms with E-state index >= 15 is 0 Å². The Kier molecular flexibility index (Phi) is 4.04. The number of carbonyl (C=O) groups excluding carboxylic acids is 1. The third-order valence-corrected chi connectivity index (χ3v) is 5.69. The van der Waals surface area contributed by atoms with E-state index in [0.29, 0.717) is 12.0 Å². The van der Waals surface area contributed by atoms with Crippen molar-refractivity contribution in [2.24, 2.45) is 5.41 Å². The number of aromatic nitrogens is 1. The topological polar surface area (TPSA) is 73.4 Å². The lowest BCUT2D eigenvalue weighted by Crippen LogP contribution is -2.31. The van der Waals surface area contributed by atoms with Crippen molar-refractivity contribution in [2.45, 2.75) is 33.2 Å². The van der Waals surface area contributed by atoms with Crippen molar-refractivity contribution in [3.05, 3.63) is 46.8 Å². The first-order valence-corrected chi connectivity index (χ1v) is 8.94. The fraction of sp³-hybridized carbons (Fsp3) is 0.450. The number of likely N-dealkylation sites (tertiary alicyclic amines) is 1. The molecule has 3 heterocycles. The maximum atomic E-state index is 12.7. The highest BCUT2D eigenvalue weighted by Crippen LogP contribution is 2.42. The van der Waals surface area contributed by atoms with Crippen molar-refractivity contribution in [3.63, 3.8) is 0 Å². The summed E-state index contributed by atoms with van der Waals surface area (Å²) < 4.78 is 5.27. The SMILES string of the molecule is Cc1noc(C)c1CN1CCC2(CC(=O)N(c3cccc(C#N)c3)C2)C1. The van der Waals surface area contributed by atoms with Gasteiger partial charge in [-0.25, -0.2) is 0 Å². The summed E-state index contributed by atoms with van der Waals surface area (Å²) in [6, 6.07) is 9.46. The third-order valence-electron chi connectivity index (χ3n) is 5.69. The van der Waals surface area contributed by atoms with Crippen LogP contribution >= 0.6 is 0 Å². The molecular formula is C20H22N4O2. The molecule has 2 aromatic rings. The normalized spacial score (nSPS) is 23.1. The summed E-state index contributed by atoms with van der Waals surface area (Å²) in [7, 11) is 0. The molecule has 2 fully saturated rings. The molecule has 2 saturated heterocycles. The van der Waals surface area contributed by atoms with Gasteiger partial charge in [0.25, 0.3) is 0 Å². The van der Waals surface area contributed by atoms with Gasteiger partial charge < -0.3 is 9.42 Å². The van der Waals surface area contributed by atoms with Gasteiger partial charge in [0.2, 0.25) is 5.91 Å².